The van der Waals surface area contributed by atoms with E-state index in [0.29, 0.717) is 23.6 Å². The molecular weight excluding hydrogens is 486 g/mol. The molecular formula is C25H29N3O9. The Morgan fingerprint density at radius 1 is 0.946 bits per heavy atom. The SMILES string of the molecule is COc1ccc([N+](=O)[O-])c(NC(=O)COC(=O)CCCC(=O)Nc2ccc(C(=O)OCC(C)C)cc2)c1. The van der Waals surface area contributed by atoms with E-state index in [4.69, 9.17) is 14.2 Å². The van der Waals surface area contributed by atoms with Crippen LogP contribution in [0.15, 0.2) is 42.5 Å². The first-order valence-electron chi connectivity index (χ1n) is 11.4. The molecule has 0 bridgehead atoms. The molecule has 198 valence electrons. The summed E-state index contributed by atoms with van der Waals surface area (Å²) in [6.07, 6.45) is 0.0867. The van der Waals surface area contributed by atoms with Gasteiger partial charge in [0, 0.05) is 30.7 Å². The normalized spacial score (nSPS) is 10.4. The molecule has 0 aliphatic carbocycles. The third kappa shape index (κ3) is 9.96. The van der Waals surface area contributed by atoms with Crippen molar-refractivity contribution < 1.29 is 38.3 Å². The van der Waals surface area contributed by atoms with Crippen molar-refractivity contribution in [2.45, 2.75) is 33.1 Å². The summed E-state index contributed by atoms with van der Waals surface area (Å²) in [5, 5.41) is 16.1. The van der Waals surface area contributed by atoms with Crippen LogP contribution in [0.3, 0.4) is 0 Å². The van der Waals surface area contributed by atoms with Crippen LogP contribution in [-0.2, 0) is 23.9 Å². The Morgan fingerprint density at radius 3 is 2.27 bits per heavy atom. The summed E-state index contributed by atoms with van der Waals surface area (Å²) in [5.74, 6) is -1.73. The topological polar surface area (TPSA) is 163 Å². The Morgan fingerprint density at radius 2 is 1.65 bits per heavy atom. The van der Waals surface area contributed by atoms with Crippen LogP contribution in [0.25, 0.3) is 0 Å². The zero-order chi connectivity index (χ0) is 27.4. The molecule has 0 fully saturated rings. The molecule has 0 aliphatic heterocycles. The van der Waals surface area contributed by atoms with Crippen molar-refractivity contribution >= 4 is 40.8 Å². The predicted octanol–water partition coefficient (Wildman–Crippen LogP) is 3.71. The van der Waals surface area contributed by atoms with Crippen molar-refractivity contribution in [1.29, 1.82) is 0 Å². The van der Waals surface area contributed by atoms with Gasteiger partial charge in [0.15, 0.2) is 6.61 Å². The van der Waals surface area contributed by atoms with Gasteiger partial charge in [0.25, 0.3) is 11.6 Å². The standard InChI is InChI=1S/C25H29N3O9/c1-16(2)14-37-25(32)17-7-9-18(10-8-17)26-22(29)5-4-6-24(31)36-15-23(30)27-20-13-19(35-3)11-12-21(20)28(33)34/h7-13,16H,4-6,14-15H2,1-3H3,(H,26,29)(H,27,30). The number of carbonyl (C=O) groups is 4. The number of nitrogens with zero attached hydrogens (tertiary/aromatic N) is 1. The second-order valence-corrected chi connectivity index (χ2v) is 8.32. The van der Waals surface area contributed by atoms with Gasteiger partial charge in [-0.1, -0.05) is 13.8 Å². The van der Waals surface area contributed by atoms with E-state index in [-0.39, 0.29) is 42.5 Å². The number of benzene rings is 2. The van der Waals surface area contributed by atoms with Gasteiger partial charge >= 0.3 is 11.9 Å². The van der Waals surface area contributed by atoms with Crippen LogP contribution in [0.2, 0.25) is 0 Å². The highest BCUT2D eigenvalue weighted by atomic mass is 16.6. The number of nitro groups is 1. The predicted molar refractivity (Wildman–Crippen MR) is 133 cm³/mol. The first-order valence-corrected chi connectivity index (χ1v) is 11.4. The van der Waals surface area contributed by atoms with E-state index in [1.807, 2.05) is 13.8 Å². The molecule has 2 aromatic carbocycles. The molecule has 0 aliphatic rings. The van der Waals surface area contributed by atoms with Crippen molar-refractivity contribution in [2.24, 2.45) is 5.92 Å². The third-order valence-electron chi connectivity index (χ3n) is 4.78. The van der Waals surface area contributed by atoms with E-state index < -0.39 is 29.4 Å². The maximum atomic E-state index is 12.1. The van der Waals surface area contributed by atoms with Crippen molar-refractivity contribution in [2.75, 3.05) is 31.0 Å². The Kier molecular flexibility index (Phi) is 11.0. The van der Waals surface area contributed by atoms with Crippen LogP contribution in [-0.4, -0.2) is 49.0 Å². The molecule has 12 heteroatoms. The van der Waals surface area contributed by atoms with E-state index in [0.717, 1.165) is 0 Å². The lowest BCUT2D eigenvalue weighted by atomic mass is 10.2. The fraction of sp³-hybridized carbons (Fsp3) is 0.360. The quantitative estimate of drug-likeness (QED) is 0.230. The van der Waals surface area contributed by atoms with Gasteiger partial charge in [-0.15, -0.1) is 0 Å². The third-order valence-corrected chi connectivity index (χ3v) is 4.78. The first kappa shape index (κ1) is 28.8. The van der Waals surface area contributed by atoms with Crippen LogP contribution in [0.5, 0.6) is 5.75 Å². The second-order valence-electron chi connectivity index (χ2n) is 8.32. The van der Waals surface area contributed by atoms with Gasteiger partial charge in [0.2, 0.25) is 5.91 Å². The molecule has 0 heterocycles. The molecule has 0 aromatic heterocycles. The van der Waals surface area contributed by atoms with Gasteiger partial charge in [-0.05, 0) is 42.7 Å². The summed E-state index contributed by atoms with van der Waals surface area (Å²) < 4.78 is 15.0. The smallest absolute Gasteiger partial charge is 0.338 e. The number of nitrogens with one attached hydrogen (secondary N) is 2. The van der Waals surface area contributed by atoms with E-state index in [1.54, 1.807) is 24.3 Å². The van der Waals surface area contributed by atoms with Crippen LogP contribution < -0.4 is 15.4 Å². The minimum Gasteiger partial charge on any atom is -0.497 e. The number of nitro benzene ring substituents is 1. The number of hydrogen-bond acceptors (Lipinski definition) is 9. The van der Waals surface area contributed by atoms with E-state index >= 15 is 0 Å². The molecule has 0 unspecified atom stereocenters. The zero-order valence-electron chi connectivity index (χ0n) is 20.8. The summed E-state index contributed by atoms with van der Waals surface area (Å²) in [7, 11) is 1.37. The lowest BCUT2D eigenvalue weighted by Gasteiger charge is -2.09. The van der Waals surface area contributed by atoms with Gasteiger partial charge in [-0.3, -0.25) is 24.5 Å². The Balaban J connectivity index is 1.72. The number of rotatable bonds is 13. The Bertz CT molecular complexity index is 1130. The maximum absolute atomic E-state index is 12.1. The Hall–Kier alpha value is -4.48. The van der Waals surface area contributed by atoms with Gasteiger partial charge in [0.05, 0.1) is 24.2 Å². The molecule has 2 rings (SSSR count). The molecule has 2 aromatic rings. The van der Waals surface area contributed by atoms with Crippen molar-refractivity contribution in [3.8, 4) is 5.75 Å². The van der Waals surface area contributed by atoms with Crippen molar-refractivity contribution in [1.82, 2.24) is 0 Å². The summed E-state index contributed by atoms with van der Waals surface area (Å²) in [5.41, 5.74) is 0.414. The first-order chi connectivity index (χ1) is 17.6. The number of esters is 2. The van der Waals surface area contributed by atoms with Crippen LogP contribution in [0, 0.1) is 16.0 Å². The summed E-state index contributed by atoms with van der Waals surface area (Å²) in [4.78, 5) is 58.5. The van der Waals surface area contributed by atoms with Gasteiger partial charge < -0.3 is 24.8 Å². The van der Waals surface area contributed by atoms with Crippen LogP contribution >= 0.6 is 0 Å². The van der Waals surface area contributed by atoms with E-state index in [9.17, 15) is 29.3 Å². The lowest BCUT2D eigenvalue weighted by molar-refractivity contribution is -0.383. The highest BCUT2D eigenvalue weighted by Gasteiger charge is 2.18. The molecule has 0 saturated heterocycles. The minimum atomic E-state index is -0.765. The molecule has 2 amide bonds. The summed E-state index contributed by atoms with van der Waals surface area (Å²) >= 11 is 0. The fourth-order valence-electron chi connectivity index (χ4n) is 2.94. The van der Waals surface area contributed by atoms with Crippen molar-refractivity contribution in [3.63, 3.8) is 0 Å². The number of carbonyl (C=O) groups excluding carboxylic acids is 4. The molecule has 0 atom stereocenters. The average molecular weight is 516 g/mol. The molecule has 12 nitrogen and oxygen atoms in total. The summed E-state index contributed by atoms with van der Waals surface area (Å²) in [6.45, 7) is 3.53. The van der Waals surface area contributed by atoms with Crippen molar-refractivity contribution in [3.05, 3.63) is 58.1 Å². The number of anilines is 2. The number of ether oxygens (including phenoxy) is 3. The van der Waals surface area contributed by atoms with Crippen LogP contribution in [0.4, 0.5) is 17.1 Å². The van der Waals surface area contributed by atoms with Gasteiger partial charge in [-0.2, -0.15) is 0 Å². The number of amides is 2. The summed E-state index contributed by atoms with van der Waals surface area (Å²) in [6, 6.07) is 10.1. The molecule has 37 heavy (non-hydrogen) atoms. The molecule has 2 N–H and O–H groups in total. The zero-order valence-corrected chi connectivity index (χ0v) is 20.8. The van der Waals surface area contributed by atoms with E-state index in [1.165, 1.54) is 25.3 Å². The Labute approximate surface area is 213 Å². The van der Waals surface area contributed by atoms with Gasteiger partial charge in [-0.25, -0.2) is 4.79 Å². The molecule has 0 spiro atoms. The lowest BCUT2D eigenvalue weighted by Crippen LogP contribution is -2.21. The minimum absolute atomic E-state index is 0.0233. The number of methoxy groups -OCH3 is 1. The second kappa shape index (κ2) is 14.2. The number of hydrogen-bond donors (Lipinski definition) is 2. The maximum Gasteiger partial charge on any atom is 0.338 e. The highest BCUT2D eigenvalue weighted by molar-refractivity contribution is 5.95. The largest absolute Gasteiger partial charge is 0.497 e. The highest BCUT2D eigenvalue weighted by Crippen LogP contribution is 2.28. The molecule has 0 radical (unpaired) electrons. The van der Waals surface area contributed by atoms with Gasteiger partial charge in [0.1, 0.15) is 11.4 Å². The fourth-order valence-corrected chi connectivity index (χ4v) is 2.94. The monoisotopic (exact) mass is 515 g/mol. The van der Waals surface area contributed by atoms with Crippen LogP contribution in [0.1, 0.15) is 43.5 Å². The van der Waals surface area contributed by atoms with E-state index in [2.05, 4.69) is 10.6 Å². The molecule has 0 saturated carbocycles. The average Bonchev–Trinajstić information content (AvgIpc) is 2.86.